The molecule has 114 valence electrons. The Balaban J connectivity index is 2.08. The van der Waals surface area contributed by atoms with E-state index in [1.807, 2.05) is 0 Å². The maximum absolute atomic E-state index is 12.6. The number of anilines is 1. The van der Waals surface area contributed by atoms with Gasteiger partial charge in [-0.3, -0.25) is 4.79 Å². The zero-order chi connectivity index (χ0) is 15.5. The summed E-state index contributed by atoms with van der Waals surface area (Å²) in [6, 6.07) is 3.02. The number of rotatable bonds is 5. The van der Waals surface area contributed by atoms with Crippen LogP contribution in [0, 0.1) is 0 Å². The highest BCUT2D eigenvalue weighted by Gasteiger charge is 2.33. The fraction of sp³-hybridized carbons (Fsp3) is 0.364. The molecule has 0 fully saturated rings. The van der Waals surface area contributed by atoms with Gasteiger partial charge in [-0.2, -0.15) is 13.2 Å². The summed E-state index contributed by atoms with van der Waals surface area (Å²) in [5, 5.41) is 3.66. The molecule has 0 atom stereocenters. The predicted octanol–water partition coefficient (Wildman–Crippen LogP) is 1.04. The monoisotopic (exact) mass is 303 g/mol. The number of carbonyl (C=O) groups is 1. The number of carbonyl (C=O) groups excluding carboxylic acids is 1. The number of hydrogen-bond donors (Lipinski definition) is 1. The average Bonchev–Trinajstić information content (AvgIpc) is 2.98. The fourth-order valence-electron chi connectivity index (χ4n) is 1.66. The Morgan fingerprint density at radius 1 is 1.48 bits per heavy atom. The molecule has 7 nitrogen and oxygen atoms in total. The largest absolute Gasteiger partial charge is 0.467 e. The molecule has 2 N–H and O–H groups in total. The first-order chi connectivity index (χ1) is 9.83. The van der Waals surface area contributed by atoms with Crippen molar-refractivity contribution in [3.63, 3.8) is 0 Å². The molecule has 0 bridgehead atoms. The topological polar surface area (TPSA) is 90.2 Å². The summed E-state index contributed by atoms with van der Waals surface area (Å²) >= 11 is 0. The van der Waals surface area contributed by atoms with E-state index in [0.717, 1.165) is 4.68 Å². The van der Waals surface area contributed by atoms with Crippen LogP contribution in [0.4, 0.5) is 19.1 Å². The van der Waals surface area contributed by atoms with Gasteiger partial charge in [-0.1, -0.05) is 0 Å². The number of furan rings is 1. The maximum Gasteiger partial charge on any atom is 0.406 e. The third-order valence-corrected chi connectivity index (χ3v) is 2.50. The Labute approximate surface area is 117 Å². The molecule has 2 aromatic rings. The summed E-state index contributed by atoms with van der Waals surface area (Å²) in [4.78, 5) is 16.2. The van der Waals surface area contributed by atoms with Gasteiger partial charge in [0.1, 0.15) is 25.2 Å². The molecule has 0 saturated carbocycles. The van der Waals surface area contributed by atoms with Gasteiger partial charge in [0.2, 0.25) is 11.9 Å². The summed E-state index contributed by atoms with van der Waals surface area (Å²) in [6.07, 6.45) is -2.01. The summed E-state index contributed by atoms with van der Waals surface area (Å²) < 4.78 is 43.7. The zero-order valence-electron chi connectivity index (χ0n) is 10.7. The second-order valence-electron chi connectivity index (χ2n) is 4.24. The number of hydrogen-bond acceptors (Lipinski definition) is 5. The number of alkyl halides is 3. The lowest BCUT2D eigenvalue weighted by atomic mass is 10.3. The van der Waals surface area contributed by atoms with E-state index in [1.165, 1.54) is 24.7 Å². The van der Waals surface area contributed by atoms with Gasteiger partial charge < -0.3 is 15.1 Å². The Bertz CT molecular complexity index is 593. The van der Waals surface area contributed by atoms with E-state index < -0.39 is 18.6 Å². The van der Waals surface area contributed by atoms with Crippen LogP contribution < -0.4 is 5.73 Å². The normalized spacial score (nSPS) is 11.6. The predicted molar refractivity (Wildman–Crippen MR) is 64.6 cm³/mol. The highest BCUT2D eigenvalue weighted by molar-refractivity contribution is 5.75. The van der Waals surface area contributed by atoms with Crippen molar-refractivity contribution in [1.82, 2.24) is 19.7 Å². The molecule has 2 heterocycles. The molecule has 0 aliphatic heterocycles. The number of aromatic nitrogens is 3. The summed E-state index contributed by atoms with van der Waals surface area (Å²) in [5.74, 6) is -0.574. The van der Waals surface area contributed by atoms with E-state index in [9.17, 15) is 18.0 Å². The van der Waals surface area contributed by atoms with Gasteiger partial charge in [0.05, 0.1) is 12.8 Å². The molecule has 2 aromatic heterocycles. The second kappa shape index (κ2) is 5.85. The van der Waals surface area contributed by atoms with Crippen LogP contribution in [0.5, 0.6) is 0 Å². The molecular formula is C11H12F3N5O2. The van der Waals surface area contributed by atoms with Crippen LogP contribution in [0.3, 0.4) is 0 Å². The first-order valence-corrected chi connectivity index (χ1v) is 5.85. The van der Waals surface area contributed by atoms with Crippen LogP contribution in [-0.4, -0.2) is 38.3 Å². The molecule has 21 heavy (non-hydrogen) atoms. The van der Waals surface area contributed by atoms with E-state index in [0.29, 0.717) is 4.90 Å². The van der Waals surface area contributed by atoms with Crippen molar-refractivity contribution in [2.45, 2.75) is 19.3 Å². The van der Waals surface area contributed by atoms with Crippen LogP contribution in [0.2, 0.25) is 0 Å². The molecule has 0 aromatic carbocycles. The maximum atomic E-state index is 12.6. The van der Waals surface area contributed by atoms with E-state index >= 15 is 0 Å². The Hall–Kier alpha value is -2.52. The van der Waals surface area contributed by atoms with E-state index in [2.05, 4.69) is 10.1 Å². The lowest BCUT2D eigenvalue weighted by molar-refractivity contribution is -0.163. The van der Waals surface area contributed by atoms with Crippen molar-refractivity contribution in [3.8, 4) is 0 Å². The Morgan fingerprint density at radius 2 is 2.24 bits per heavy atom. The number of nitrogens with two attached hydrogens (primary N) is 1. The summed E-state index contributed by atoms with van der Waals surface area (Å²) in [5.41, 5.74) is 5.28. The zero-order valence-corrected chi connectivity index (χ0v) is 10.7. The number of nitrogen functional groups attached to an aromatic ring is 1. The second-order valence-corrected chi connectivity index (χ2v) is 4.24. The third kappa shape index (κ3) is 4.51. The Morgan fingerprint density at radius 3 is 2.76 bits per heavy atom. The highest BCUT2D eigenvalue weighted by atomic mass is 19.4. The number of halogens is 3. The van der Waals surface area contributed by atoms with Gasteiger partial charge in [0.25, 0.3) is 0 Å². The van der Waals surface area contributed by atoms with Gasteiger partial charge in [0.15, 0.2) is 0 Å². The molecule has 0 unspecified atom stereocenters. The molecule has 0 saturated heterocycles. The van der Waals surface area contributed by atoms with Gasteiger partial charge in [-0.25, -0.2) is 9.67 Å². The minimum Gasteiger partial charge on any atom is -0.467 e. The lowest BCUT2D eigenvalue weighted by Crippen LogP contribution is -2.40. The third-order valence-electron chi connectivity index (χ3n) is 2.50. The Kier molecular flexibility index (Phi) is 4.15. The highest BCUT2D eigenvalue weighted by Crippen LogP contribution is 2.18. The van der Waals surface area contributed by atoms with E-state index in [4.69, 9.17) is 10.2 Å². The lowest BCUT2D eigenvalue weighted by Gasteiger charge is -2.22. The van der Waals surface area contributed by atoms with Crippen LogP contribution >= 0.6 is 0 Å². The van der Waals surface area contributed by atoms with E-state index in [-0.39, 0.29) is 24.8 Å². The smallest absolute Gasteiger partial charge is 0.406 e. The van der Waals surface area contributed by atoms with Crippen molar-refractivity contribution in [1.29, 1.82) is 0 Å². The first-order valence-electron chi connectivity index (χ1n) is 5.85. The number of amides is 1. The minimum absolute atomic E-state index is 0.0591. The first kappa shape index (κ1) is 14.9. The van der Waals surface area contributed by atoms with Crippen molar-refractivity contribution in [3.05, 3.63) is 30.5 Å². The molecule has 0 spiro atoms. The number of nitrogens with zero attached hydrogens (tertiary/aromatic N) is 4. The molecule has 0 aliphatic carbocycles. The standard InChI is InChI=1S/C11H12F3N5O2/c12-11(13,14)6-18(4-8-2-1-3-21-8)9(20)5-19-7-16-10(15)17-19/h1-3,7H,4-6H2,(H2,15,17). The minimum atomic E-state index is -4.51. The van der Waals surface area contributed by atoms with Crippen LogP contribution in [-0.2, 0) is 17.9 Å². The fourth-order valence-corrected chi connectivity index (χ4v) is 1.66. The van der Waals surface area contributed by atoms with Crippen LogP contribution in [0.15, 0.2) is 29.1 Å². The molecule has 0 aliphatic rings. The quantitative estimate of drug-likeness (QED) is 0.891. The van der Waals surface area contributed by atoms with Crippen molar-refractivity contribution in [2.75, 3.05) is 12.3 Å². The van der Waals surface area contributed by atoms with Gasteiger partial charge in [-0.05, 0) is 12.1 Å². The van der Waals surface area contributed by atoms with Crippen LogP contribution in [0.1, 0.15) is 5.76 Å². The summed E-state index contributed by atoms with van der Waals surface area (Å²) in [7, 11) is 0. The average molecular weight is 303 g/mol. The van der Waals surface area contributed by atoms with E-state index in [1.54, 1.807) is 0 Å². The molecule has 2 rings (SSSR count). The molecular weight excluding hydrogens is 291 g/mol. The summed E-state index contributed by atoms with van der Waals surface area (Å²) in [6.45, 7) is -2.05. The van der Waals surface area contributed by atoms with Crippen molar-refractivity contribution >= 4 is 11.9 Å². The van der Waals surface area contributed by atoms with Crippen molar-refractivity contribution < 1.29 is 22.4 Å². The molecule has 1 amide bonds. The SMILES string of the molecule is Nc1ncn(CC(=O)N(Cc2ccco2)CC(F)(F)F)n1. The van der Waals surface area contributed by atoms with Gasteiger partial charge in [0, 0.05) is 0 Å². The molecule has 0 radical (unpaired) electrons. The van der Waals surface area contributed by atoms with Crippen molar-refractivity contribution in [2.24, 2.45) is 0 Å². The van der Waals surface area contributed by atoms with Gasteiger partial charge in [-0.15, -0.1) is 5.10 Å². The molecule has 10 heteroatoms. The van der Waals surface area contributed by atoms with Crippen LogP contribution in [0.25, 0.3) is 0 Å². The van der Waals surface area contributed by atoms with Gasteiger partial charge >= 0.3 is 6.18 Å².